The van der Waals surface area contributed by atoms with Crippen molar-refractivity contribution in [3.05, 3.63) is 41.2 Å². The summed E-state index contributed by atoms with van der Waals surface area (Å²) in [5, 5.41) is 7.89. The minimum atomic E-state index is 0.321. The Morgan fingerprint density at radius 3 is 2.95 bits per heavy atom. The fourth-order valence-corrected chi connectivity index (χ4v) is 2.42. The molecule has 0 atom stereocenters. The first kappa shape index (κ1) is 13.0. The molecule has 3 rings (SSSR count). The average Bonchev–Trinajstić information content (AvgIpc) is 3.04. The normalized spacial score (nSPS) is 12.9. The molecule has 0 fully saturated rings. The molecular weight excluding hydrogens is 254 g/mol. The Morgan fingerprint density at radius 1 is 1.25 bits per heavy atom. The fourth-order valence-electron chi connectivity index (χ4n) is 2.42. The fraction of sp³-hybridized carbons (Fsp3) is 0.400. The lowest BCUT2D eigenvalue weighted by Gasteiger charge is -2.05. The molecule has 20 heavy (non-hydrogen) atoms. The Morgan fingerprint density at radius 2 is 2.10 bits per heavy atom. The molecule has 0 radical (unpaired) electrons. The maximum Gasteiger partial charge on any atom is 0.231 e. The second kappa shape index (κ2) is 5.54. The number of nitrogens with zero attached hydrogens (tertiary/aromatic N) is 2. The van der Waals surface area contributed by atoms with Crippen molar-refractivity contribution in [3.63, 3.8) is 0 Å². The predicted molar refractivity (Wildman–Crippen MR) is 75.7 cm³/mol. The number of hydrogen-bond donors (Lipinski definition) is 1. The van der Waals surface area contributed by atoms with E-state index in [1.54, 1.807) is 0 Å². The Labute approximate surface area is 118 Å². The minimum Gasteiger partial charge on any atom is -0.454 e. The first-order valence-corrected chi connectivity index (χ1v) is 6.87. The van der Waals surface area contributed by atoms with Crippen LogP contribution in [0.2, 0.25) is 0 Å². The molecule has 5 nitrogen and oxygen atoms in total. The van der Waals surface area contributed by atoms with Crippen LogP contribution < -0.4 is 14.8 Å². The Hall–Kier alpha value is -2.01. The largest absolute Gasteiger partial charge is 0.454 e. The summed E-state index contributed by atoms with van der Waals surface area (Å²) >= 11 is 0. The van der Waals surface area contributed by atoms with E-state index in [1.807, 2.05) is 23.9 Å². The molecule has 1 aromatic carbocycles. The number of benzene rings is 1. The van der Waals surface area contributed by atoms with Crippen LogP contribution in [0, 0.1) is 0 Å². The average molecular weight is 273 g/mol. The van der Waals surface area contributed by atoms with Gasteiger partial charge in [0, 0.05) is 31.9 Å². The summed E-state index contributed by atoms with van der Waals surface area (Å²) in [5.74, 6) is 1.66. The zero-order valence-corrected chi connectivity index (χ0v) is 11.8. The van der Waals surface area contributed by atoms with Gasteiger partial charge in [0.1, 0.15) is 0 Å². The van der Waals surface area contributed by atoms with E-state index in [2.05, 4.69) is 29.6 Å². The Kier molecular flexibility index (Phi) is 3.60. The van der Waals surface area contributed by atoms with E-state index in [4.69, 9.17) is 9.47 Å². The van der Waals surface area contributed by atoms with Gasteiger partial charge in [-0.15, -0.1) is 0 Å². The van der Waals surface area contributed by atoms with Crippen molar-refractivity contribution in [1.29, 1.82) is 0 Å². The highest BCUT2D eigenvalue weighted by Gasteiger charge is 2.13. The minimum absolute atomic E-state index is 0.321. The van der Waals surface area contributed by atoms with Crippen molar-refractivity contribution in [3.8, 4) is 11.5 Å². The quantitative estimate of drug-likeness (QED) is 0.905. The van der Waals surface area contributed by atoms with Crippen LogP contribution in [-0.2, 0) is 26.6 Å². The second-order valence-corrected chi connectivity index (χ2v) is 4.92. The van der Waals surface area contributed by atoms with Gasteiger partial charge in [-0.2, -0.15) is 5.10 Å². The molecule has 106 valence electrons. The number of rotatable bonds is 5. The van der Waals surface area contributed by atoms with Crippen LogP contribution >= 0.6 is 0 Å². The lowest BCUT2D eigenvalue weighted by molar-refractivity contribution is 0.174. The number of nitrogens with one attached hydrogen (secondary N) is 1. The highest BCUT2D eigenvalue weighted by molar-refractivity contribution is 5.44. The van der Waals surface area contributed by atoms with E-state index in [0.29, 0.717) is 6.79 Å². The van der Waals surface area contributed by atoms with Crippen molar-refractivity contribution >= 4 is 0 Å². The summed E-state index contributed by atoms with van der Waals surface area (Å²) in [6.07, 6.45) is 3.04. The molecule has 0 aliphatic carbocycles. The molecule has 1 aliphatic heterocycles. The maximum atomic E-state index is 5.38. The first-order chi connectivity index (χ1) is 9.76. The number of fused-ring (bicyclic) bond motifs is 1. The molecule has 2 heterocycles. The van der Waals surface area contributed by atoms with Crippen LogP contribution in [0.1, 0.15) is 23.7 Å². The van der Waals surface area contributed by atoms with Gasteiger partial charge in [-0.25, -0.2) is 0 Å². The molecule has 5 heteroatoms. The smallest absolute Gasteiger partial charge is 0.231 e. The molecule has 1 aromatic heterocycles. The summed E-state index contributed by atoms with van der Waals surface area (Å²) < 4.78 is 12.6. The monoisotopic (exact) mass is 273 g/mol. The number of aryl methyl sites for hydroxylation is 2. The van der Waals surface area contributed by atoms with Gasteiger partial charge < -0.3 is 14.8 Å². The molecule has 0 amide bonds. The molecule has 0 saturated carbocycles. The molecule has 1 N–H and O–H groups in total. The zero-order chi connectivity index (χ0) is 13.9. The summed E-state index contributed by atoms with van der Waals surface area (Å²) in [6.45, 7) is 4.07. The van der Waals surface area contributed by atoms with Gasteiger partial charge >= 0.3 is 0 Å². The van der Waals surface area contributed by atoms with Crippen LogP contribution in [-0.4, -0.2) is 16.6 Å². The van der Waals surface area contributed by atoms with Gasteiger partial charge in [-0.3, -0.25) is 4.68 Å². The number of ether oxygens (including phenoxy) is 2. The van der Waals surface area contributed by atoms with Crippen LogP contribution in [0.4, 0.5) is 0 Å². The highest BCUT2D eigenvalue weighted by atomic mass is 16.7. The van der Waals surface area contributed by atoms with Gasteiger partial charge in [0.05, 0.1) is 5.69 Å². The van der Waals surface area contributed by atoms with E-state index >= 15 is 0 Å². The third-order valence-corrected chi connectivity index (χ3v) is 3.41. The molecule has 2 aromatic rings. The molecular formula is C15H19N3O2. The second-order valence-electron chi connectivity index (χ2n) is 4.92. The summed E-state index contributed by atoms with van der Waals surface area (Å²) in [7, 11) is 1.96. The van der Waals surface area contributed by atoms with E-state index in [-0.39, 0.29) is 0 Å². The van der Waals surface area contributed by atoms with Gasteiger partial charge in [0.25, 0.3) is 0 Å². The van der Waals surface area contributed by atoms with E-state index in [1.165, 1.54) is 11.1 Å². The van der Waals surface area contributed by atoms with E-state index < -0.39 is 0 Å². The molecule has 0 spiro atoms. The molecule has 0 unspecified atom stereocenters. The molecule has 0 saturated heterocycles. The SMILES string of the molecule is CCc1nn(C)cc1CNCc1ccc2c(c1)OCO2. The topological polar surface area (TPSA) is 48.3 Å². The van der Waals surface area contributed by atoms with Crippen molar-refractivity contribution in [2.24, 2.45) is 7.05 Å². The lowest BCUT2D eigenvalue weighted by Crippen LogP contribution is -2.13. The van der Waals surface area contributed by atoms with Crippen LogP contribution in [0.5, 0.6) is 11.5 Å². The maximum absolute atomic E-state index is 5.38. The van der Waals surface area contributed by atoms with Crippen LogP contribution in [0.3, 0.4) is 0 Å². The van der Waals surface area contributed by atoms with Crippen molar-refractivity contribution in [2.75, 3.05) is 6.79 Å². The summed E-state index contributed by atoms with van der Waals surface area (Å²) in [4.78, 5) is 0. The van der Waals surface area contributed by atoms with Crippen molar-refractivity contribution < 1.29 is 9.47 Å². The molecule has 0 bridgehead atoms. The van der Waals surface area contributed by atoms with Crippen molar-refractivity contribution in [2.45, 2.75) is 26.4 Å². The van der Waals surface area contributed by atoms with Crippen molar-refractivity contribution in [1.82, 2.24) is 15.1 Å². The van der Waals surface area contributed by atoms with Crippen LogP contribution in [0.25, 0.3) is 0 Å². The van der Waals surface area contributed by atoms with Gasteiger partial charge in [0.15, 0.2) is 11.5 Å². The van der Waals surface area contributed by atoms with Gasteiger partial charge in [0.2, 0.25) is 6.79 Å². The third-order valence-electron chi connectivity index (χ3n) is 3.41. The zero-order valence-electron chi connectivity index (χ0n) is 11.8. The van der Waals surface area contributed by atoms with E-state index in [0.717, 1.165) is 36.7 Å². The number of aromatic nitrogens is 2. The summed E-state index contributed by atoms with van der Waals surface area (Å²) in [6, 6.07) is 6.05. The van der Waals surface area contributed by atoms with Gasteiger partial charge in [-0.05, 0) is 24.1 Å². The predicted octanol–water partition coefficient (Wildman–Crippen LogP) is 2.00. The Bertz CT molecular complexity index is 607. The molecule has 1 aliphatic rings. The third kappa shape index (κ3) is 2.63. The lowest BCUT2D eigenvalue weighted by atomic mass is 10.2. The number of hydrogen-bond acceptors (Lipinski definition) is 4. The summed E-state index contributed by atoms with van der Waals surface area (Å²) in [5.41, 5.74) is 3.61. The Balaban J connectivity index is 1.59. The first-order valence-electron chi connectivity index (χ1n) is 6.87. The van der Waals surface area contributed by atoms with Gasteiger partial charge in [-0.1, -0.05) is 13.0 Å². The standard InChI is InChI=1S/C15H19N3O2/c1-3-13-12(9-18(2)17-13)8-16-7-11-4-5-14-15(6-11)20-10-19-14/h4-6,9,16H,3,7-8,10H2,1-2H3. The van der Waals surface area contributed by atoms with E-state index in [9.17, 15) is 0 Å². The highest BCUT2D eigenvalue weighted by Crippen LogP contribution is 2.32. The van der Waals surface area contributed by atoms with Crippen LogP contribution in [0.15, 0.2) is 24.4 Å².